The maximum atomic E-state index is 5.44. The Bertz CT molecular complexity index is 904. The Morgan fingerprint density at radius 2 is 2.11 bits per heavy atom. The van der Waals surface area contributed by atoms with Gasteiger partial charge in [-0.05, 0) is 37.2 Å². The molecule has 1 aliphatic rings. The lowest BCUT2D eigenvalue weighted by Crippen LogP contribution is -2.22. The summed E-state index contributed by atoms with van der Waals surface area (Å²) in [5.74, 6) is 2.84. The molecule has 1 atom stereocenters. The van der Waals surface area contributed by atoms with Crippen molar-refractivity contribution in [2.24, 2.45) is 0 Å². The topological polar surface area (TPSA) is 94.3 Å². The predicted octanol–water partition coefficient (Wildman–Crippen LogP) is 2.59. The fourth-order valence-corrected chi connectivity index (χ4v) is 3.11. The number of rotatable bonds is 6. The summed E-state index contributed by atoms with van der Waals surface area (Å²) in [6, 6.07) is 9.78. The zero-order valence-electron chi connectivity index (χ0n) is 15.2. The van der Waals surface area contributed by atoms with Gasteiger partial charge in [-0.25, -0.2) is 4.98 Å². The van der Waals surface area contributed by atoms with Gasteiger partial charge >= 0.3 is 0 Å². The van der Waals surface area contributed by atoms with Crippen molar-refractivity contribution < 1.29 is 14.0 Å². The monoisotopic (exact) mass is 367 g/mol. The zero-order chi connectivity index (χ0) is 18.6. The van der Waals surface area contributed by atoms with Crippen molar-refractivity contribution in [2.75, 3.05) is 32.6 Å². The van der Waals surface area contributed by atoms with E-state index < -0.39 is 0 Å². The normalized spacial score (nSPS) is 16.3. The molecule has 2 N–H and O–H groups in total. The maximum absolute atomic E-state index is 5.44. The van der Waals surface area contributed by atoms with Crippen molar-refractivity contribution in [1.82, 2.24) is 20.4 Å². The van der Waals surface area contributed by atoms with Crippen molar-refractivity contribution in [2.45, 2.75) is 12.5 Å². The van der Waals surface area contributed by atoms with Crippen LogP contribution in [0.5, 0.6) is 11.5 Å². The number of nitrogens with zero attached hydrogens (tertiary/aromatic N) is 3. The largest absolute Gasteiger partial charge is 0.493 e. The first-order valence-corrected chi connectivity index (χ1v) is 8.77. The van der Waals surface area contributed by atoms with E-state index in [1.54, 1.807) is 20.4 Å². The Balaban J connectivity index is 1.56. The van der Waals surface area contributed by atoms with Gasteiger partial charge in [0.15, 0.2) is 11.5 Å². The molecule has 1 saturated heterocycles. The Labute approximate surface area is 156 Å². The fraction of sp³-hybridized carbons (Fsp3) is 0.316. The summed E-state index contributed by atoms with van der Waals surface area (Å²) >= 11 is 0. The molecule has 0 radical (unpaired) electrons. The van der Waals surface area contributed by atoms with E-state index in [9.17, 15) is 0 Å². The van der Waals surface area contributed by atoms with Crippen LogP contribution in [0.25, 0.3) is 22.8 Å². The summed E-state index contributed by atoms with van der Waals surface area (Å²) < 4.78 is 16.2. The van der Waals surface area contributed by atoms with E-state index in [0.717, 1.165) is 30.9 Å². The van der Waals surface area contributed by atoms with E-state index >= 15 is 0 Å². The zero-order valence-corrected chi connectivity index (χ0v) is 15.2. The van der Waals surface area contributed by atoms with Crippen molar-refractivity contribution in [3.05, 3.63) is 36.5 Å². The van der Waals surface area contributed by atoms with Gasteiger partial charge in [-0.3, -0.25) is 0 Å². The minimum absolute atomic E-state index is 0.399. The molecule has 8 nitrogen and oxygen atoms in total. The second kappa shape index (κ2) is 7.63. The van der Waals surface area contributed by atoms with Crippen LogP contribution in [0.1, 0.15) is 6.42 Å². The van der Waals surface area contributed by atoms with Crippen LogP contribution in [0.2, 0.25) is 0 Å². The lowest BCUT2D eigenvalue weighted by atomic mass is 10.1. The van der Waals surface area contributed by atoms with Gasteiger partial charge in [0.1, 0.15) is 5.82 Å². The average molecular weight is 367 g/mol. The number of nitrogens with one attached hydrogen (secondary N) is 2. The SMILES string of the molecule is COc1cccc(-c2noc(-c3ccc(N[C@@H]4CCNC4)nc3)n2)c1OC. The molecule has 1 aliphatic heterocycles. The Hall–Kier alpha value is -3.13. The van der Waals surface area contributed by atoms with Crippen LogP contribution in [0.4, 0.5) is 5.82 Å². The Morgan fingerprint density at radius 1 is 1.19 bits per heavy atom. The van der Waals surface area contributed by atoms with E-state index in [1.165, 1.54) is 0 Å². The van der Waals surface area contributed by atoms with E-state index in [4.69, 9.17) is 14.0 Å². The molecule has 27 heavy (non-hydrogen) atoms. The number of pyridine rings is 1. The molecule has 0 spiro atoms. The number of benzene rings is 1. The summed E-state index contributed by atoms with van der Waals surface area (Å²) in [6.07, 6.45) is 2.82. The van der Waals surface area contributed by atoms with Crippen molar-refractivity contribution >= 4 is 5.82 Å². The van der Waals surface area contributed by atoms with E-state index in [1.807, 2.05) is 30.3 Å². The quantitative estimate of drug-likeness (QED) is 0.687. The van der Waals surface area contributed by atoms with Gasteiger partial charge in [0.2, 0.25) is 5.82 Å². The number of anilines is 1. The van der Waals surface area contributed by atoms with Crippen molar-refractivity contribution in [3.8, 4) is 34.3 Å². The summed E-state index contributed by atoms with van der Waals surface area (Å²) in [7, 11) is 3.17. The van der Waals surface area contributed by atoms with Gasteiger partial charge in [-0.1, -0.05) is 11.2 Å². The summed E-state index contributed by atoms with van der Waals surface area (Å²) in [5.41, 5.74) is 1.46. The molecule has 4 rings (SSSR count). The highest BCUT2D eigenvalue weighted by atomic mass is 16.5. The van der Waals surface area contributed by atoms with E-state index in [-0.39, 0.29) is 0 Å². The first-order valence-electron chi connectivity index (χ1n) is 8.77. The number of aromatic nitrogens is 3. The lowest BCUT2D eigenvalue weighted by Gasteiger charge is -2.11. The molecule has 1 fully saturated rings. The molecule has 140 valence electrons. The highest BCUT2D eigenvalue weighted by Gasteiger charge is 2.18. The predicted molar refractivity (Wildman–Crippen MR) is 101 cm³/mol. The third-order valence-electron chi connectivity index (χ3n) is 4.49. The van der Waals surface area contributed by atoms with Crippen LogP contribution in [-0.2, 0) is 0 Å². The van der Waals surface area contributed by atoms with Crippen LogP contribution in [0, 0.1) is 0 Å². The molecule has 0 unspecified atom stereocenters. The molecule has 3 heterocycles. The molecule has 8 heteroatoms. The lowest BCUT2D eigenvalue weighted by molar-refractivity contribution is 0.355. The van der Waals surface area contributed by atoms with Gasteiger partial charge < -0.3 is 24.6 Å². The van der Waals surface area contributed by atoms with Crippen LogP contribution in [0.3, 0.4) is 0 Å². The maximum Gasteiger partial charge on any atom is 0.259 e. The number of para-hydroxylation sites is 1. The summed E-state index contributed by atoms with van der Waals surface area (Å²) in [5, 5.41) is 10.8. The molecule has 3 aromatic rings. The molecule has 0 bridgehead atoms. The second-order valence-electron chi connectivity index (χ2n) is 6.23. The smallest absolute Gasteiger partial charge is 0.259 e. The van der Waals surface area contributed by atoms with Crippen molar-refractivity contribution in [3.63, 3.8) is 0 Å². The number of hydrogen-bond donors (Lipinski definition) is 2. The van der Waals surface area contributed by atoms with Crippen LogP contribution < -0.4 is 20.1 Å². The average Bonchev–Trinajstić information content (AvgIpc) is 3.40. The number of hydrogen-bond acceptors (Lipinski definition) is 8. The van der Waals surface area contributed by atoms with E-state index in [0.29, 0.717) is 34.8 Å². The van der Waals surface area contributed by atoms with Gasteiger partial charge in [0.25, 0.3) is 5.89 Å². The van der Waals surface area contributed by atoms with Crippen LogP contribution in [0.15, 0.2) is 41.1 Å². The first kappa shape index (κ1) is 17.3. The molecular weight excluding hydrogens is 346 g/mol. The van der Waals surface area contributed by atoms with E-state index in [2.05, 4.69) is 25.8 Å². The first-order chi connectivity index (χ1) is 13.3. The Morgan fingerprint density at radius 3 is 2.81 bits per heavy atom. The molecule has 0 amide bonds. The Kier molecular flexibility index (Phi) is 4.88. The highest BCUT2D eigenvalue weighted by molar-refractivity contribution is 5.69. The molecule has 1 aromatic carbocycles. The molecule has 2 aromatic heterocycles. The summed E-state index contributed by atoms with van der Waals surface area (Å²) in [4.78, 5) is 8.93. The van der Waals surface area contributed by atoms with Gasteiger partial charge in [0.05, 0.1) is 25.3 Å². The fourth-order valence-electron chi connectivity index (χ4n) is 3.11. The van der Waals surface area contributed by atoms with Crippen LogP contribution in [-0.4, -0.2) is 48.5 Å². The molecule has 0 saturated carbocycles. The van der Waals surface area contributed by atoms with Crippen molar-refractivity contribution in [1.29, 1.82) is 0 Å². The number of ether oxygens (including phenoxy) is 2. The third-order valence-corrected chi connectivity index (χ3v) is 4.49. The summed E-state index contributed by atoms with van der Waals surface area (Å²) in [6.45, 7) is 1.99. The molecule has 0 aliphatic carbocycles. The standard InChI is InChI=1S/C19H21N5O3/c1-25-15-5-3-4-14(17(15)26-2)18-23-19(27-24-18)12-6-7-16(21-10-12)22-13-8-9-20-11-13/h3-7,10,13,20H,8-9,11H2,1-2H3,(H,21,22)/t13-/m1/s1. The minimum Gasteiger partial charge on any atom is -0.493 e. The minimum atomic E-state index is 0.399. The molecular formula is C19H21N5O3. The van der Waals surface area contributed by atoms with Crippen LogP contribution >= 0.6 is 0 Å². The third kappa shape index (κ3) is 3.56. The number of methoxy groups -OCH3 is 2. The second-order valence-corrected chi connectivity index (χ2v) is 6.23. The van der Waals surface area contributed by atoms with Gasteiger partial charge in [-0.15, -0.1) is 0 Å². The van der Waals surface area contributed by atoms with Gasteiger partial charge in [-0.2, -0.15) is 4.98 Å². The highest BCUT2D eigenvalue weighted by Crippen LogP contribution is 2.37. The van der Waals surface area contributed by atoms with Gasteiger partial charge in [0, 0.05) is 18.8 Å².